The van der Waals surface area contributed by atoms with Crippen molar-refractivity contribution in [1.29, 1.82) is 0 Å². The van der Waals surface area contributed by atoms with E-state index in [1.165, 1.54) is 0 Å². The summed E-state index contributed by atoms with van der Waals surface area (Å²) < 4.78 is 61.0. The topological polar surface area (TPSA) is 86.5 Å². The van der Waals surface area contributed by atoms with Crippen LogP contribution in [-0.4, -0.2) is 18.8 Å². The molecular weight excluding hydrogens is 394 g/mol. The fourth-order valence-corrected chi connectivity index (χ4v) is 3.55. The Morgan fingerprint density at radius 2 is 1.72 bits per heavy atom. The number of alkyl halides is 3. The Bertz CT molecular complexity index is 541. The zero-order valence-electron chi connectivity index (χ0n) is 8.22. The number of nitrogens with zero attached hydrogens (tertiary/aromatic N) is 1. The van der Waals surface area contributed by atoms with Crippen LogP contribution in [0.4, 0.5) is 18.9 Å². The average Bonchev–Trinajstić information content (AvgIpc) is 2.25. The van der Waals surface area contributed by atoms with Gasteiger partial charge in [-0.15, -0.1) is 0 Å². The Hall–Kier alpha value is -0.950. The third-order valence-electron chi connectivity index (χ3n) is 1.52. The van der Waals surface area contributed by atoms with Gasteiger partial charge < -0.3 is 0 Å². The van der Waals surface area contributed by atoms with E-state index in [4.69, 9.17) is 0 Å². The summed E-state index contributed by atoms with van der Waals surface area (Å²) in [6.07, 6.45) is 0. The van der Waals surface area contributed by atoms with Gasteiger partial charge in [0.05, 0.1) is 0 Å². The van der Waals surface area contributed by atoms with Crippen molar-refractivity contribution < 1.29 is 50.6 Å². The Labute approximate surface area is 110 Å². The summed E-state index contributed by atoms with van der Waals surface area (Å²) in [5, 5.41) is 10.3. The van der Waals surface area contributed by atoms with E-state index < -0.39 is 42.2 Å². The van der Waals surface area contributed by atoms with Crippen LogP contribution in [0.1, 0.15) is 0 Å². The maximum absolute atomic E-state index is 11.9. The quantitative estimate of drug-likeness (QED) is 0.271. The van der Waals surface area contributed by atoms with Crippen molar-refractivity contribution in [2.45, 2.75) is 5.51 Å². The predicted octanol–water partition coefficient (Wildman–Crippen LogP) is -1.37. The van der Waals surface area contributed by atoms with Gasteiger partial charge in [0.25, 0.3) is 0 Å². The van der Waals surface area contributed by atoms with E-state index in [0.29, 0.717) is 0 Å². The number of nitro groups is 1. The first-order valence-electron chi connectivity index (χ1n) is 4.02. The van der Waals surface area contributed by atoms with E-state index in [2.05, 4.69) is 2.51 Å². The summed E-state index contributed by atoms with van der Waals surface area (Å²) in [4.78, 5) is 9.61. The SMILES string of the molecule is O=[N+]([O-])c1ccc([I-]OS(=O)(=O)C(F)(F)F)cc1. The molecule has 102 valence electrons. The van der Waals surface area contributed by atoms with Gasteiger partial charge in [0, 0.05) is 0 Å². The molecule has 6 nitrogen and oxygen atoms in total. The van der Waals surface area contributed by atoms with Crippen LogP contribution in [0.25, 0.3) is 0 Å². The number of rotatable bonds is 4. The Morgan fingerprint density at radius 3 is 2.11 bits per heavy atom. The van der Waals surface area contributed by atoms with Crippen molar-refractivity contribution in [2.24, 2.45) is 0 Å². The van der Waals surface area contributed by atoms with Crippen molar-refractivity contribution in [1.82, 2.24) is 0 Å². The van der Waals surface area contributed by atoms with Crippen molar-refractivity contribution in [3.8, 4) is 0 Å². The third-order valence-corrected chi connectivity index (χ3v) is 5.51. The molecule has 1 aromatic rings. The van der Waals surface area contributed by atoms with Crippen LogP contribution in [0, 0.1) is 13.7 Å². The standard InChI is InChI=1S/C7H4F3INO5S/c8-7(9,10)18(15,16)17-11-5-1-3-6(4-2-5)12(13)14/h1-4H/q-1. The number of benzene rings is 1. The minimum absolute atomic E-state index is 0.173. The number of halogens is 4. The molecule has 0 aliphatic heterocycles. The van der Waals surface area contributed by atoms with Crippen LogP contribution in [0.5, 0.6) is 0 Å². The fourth-order valence-electron chi connectivity index (χ4n) is 0.728. The third kappa shape index (κ3) is 3.78. The predicted molar refractivity (Wildman–Crippen MR) is 47.9 cm³/mol. The van der Waals surface area contributed by atoms with Gasteiger partial charge in [0.1, 0.15) is 0 Å². The van der Waals surface area contributed by atoms with Crippen LogP contribution < -0.4 is 21.6 Å². The van der Waals surface area contributed by atoms with E-state index in [-0.39, 0.29) is 9.26 Å². The first-order chi connectivity index (χ1) is 8.13. The molecule has 0 fully saturated rings. The fraction of sp³-hybridized carbons (Fsp3) is 0.143. The normalized spacial score (nSPS) is 12.6. The van der Waals surface area contributed by atoms with Crippen molar-refractivity contribution in [2.75, 3.05) is 0 Å². The number of non-ortho nitro benzene ring substituents is 1. The Kier molecular flexibility index (Phi) is 4.50. The molecule has 0 saturated heterocycles. The molecule has 0 bridgehead atoms. The van der Waals surface area contributed by atoms with Gasteiger partial charge in [-0.05, 0) is 0 Å². The van der Waals surface area contributed by atoms with Crippen LogP contribution in [0.15, 0.2) is 24.3 Å². The molecule has 1 rings (SSSR count). The summed E-state index contributed by atoms with van der Waals surface area (Å²) >= 11 is -1.89. The second-order valence-electron chi connectivity index (χ2n) is 2.77. The maximum atomic E-state index is 11.9. The molecule has 0 radical (unpaired) electrons. The zero-order valence-corrected chi connectivity index (χ0v) is 11.2. The van der Waals surface area contributed by atoms with Gasteiger partial charge in [-0.25, -0.2) is 0 Å². The van der Waals surface area contributed by atoms with E-state index in [1.807, 2.05) is 0 Å². The van der Waals surface area contributed by atoms with Gasteiger partial charge in [0.15, 0.2) is 0 Å². The molecule has 0 saturated carbocycles. The van der Waals surface area contributed by atoms with Gasteiger partial charge in [-0.1, -0.05) is 0 Å². The molecule has 11 heteroatoms. The zero-order chi connectivity index (χ0) is 14.0. The van der Waals surface area contributed by atoms with Crippen LogP contribution in [0.3, 0.4) is 0 Å². The summed E-state index contributed by atoms with van der Waals surface area (Å²) in [7, 11) is -5.61. The molecule has 1 aromatic carbocycles. The molecule has 0 amide bonds. The molecule has 0 spiro atoms. The van der Waals surface area contributed by atoms with E-state index >= 15 is 0 Å². The summed E-state index contributed by atoms with van der Waals surface area (Å²) in [5.74, 6) is 0. The molecule has 18 heavy (non-hydrogen) atoms. The van der Waals surface area contributed by atoms with E-state index in [1.54, 1.807) is 0 Å². The molecular formula is C7H4F3INO5S-. The van der Waals surface area contributed by atoms with Crippen LogP contribution in [0.2, 0.25) is 0 Å². The number of nitro benzene ring substituents is 1. The minimum atomic E-state index is -5.61. The van der Waals surface area contributed by atoms with Gasteiger partial charge in [-0.3, -0.25) is 0 Å². The first kappa shape index (κ1) is 15.1. The van der Waals surface area contributed by atoms with Gasteiger partial charge in [0.2, 0.25) is 0 Å². The van der Waals surface area contributed by atoms with Crippen LogP contribution in [-0.2, 0) is 12.6 Å². The Balaban J connectivity index is 2.74. The second kappa shape index (κ2) is 5.36. The summed E-state index contributed by atoms with van der Waals surface area (Å²) in [6.45, 7) is 0. The van der Waals surface area contributed by atoms with Crippen molar-refractivity contribution in [3.63, 3.8) is 0 Å². The molecule has 0 aromatic heterocycles. The second-order valence-corrected chi connectivity index (χ2v) is 7.04. The monoisotopic (exact) mass is 398 g/mol. The summed E-state index contributed by atoms with van der Waals surface area (Å²) in [5.41, 5.74) is -5.71. The van der Waals surface area contributed by atoms with E-state index in [0.717, 1.165) is 24.3 Å². The molecule has 0 aliphatic rings. The molecule has 0 atom stereocenters. The molecule has 0 heterocycles. The molecule has 0 unspecified atom stereocenters. The average molecular weight is 398 g/mol. The number of hydrogen-bond donors (Lipinski definition) is 0. The molecule has 0 aliphatic carbocycles. The first-order valence-corrected chi connectivity index (χ1v) is 7.39. The molecule has 0 N–H and O–H groups in total. The van der Waals surface area contributed by atoms with Crippen molar-refractivity contribution >= 4 is 15.8 Å². The van der Waals surface area contributed by atoms with Gasteiger partial charge >= 0.3 is 110 Å². The van der Waals surface area contributed by atoms with E-state index in [9.17, 15) is 31.7 Å². The summed E-state index contributed by atoms with van der Waals surface area (Å²) in [6, 6.07) is 4.41. The van der Waals surface area contributed by atoms with Crippen LogP contribution >= 0.6 is 0 Å². The van der Waals surface area contributed by atoms with Gasteiger partial charge in [-0.2, -0.15) is 0 Å². The van der Waals surface area contributed by atoms with Crippen molar-refractivity contribution in [3.05, 3.63) is 37.9 Å². The number of hydrogen-bond acceptors (Lipinski definition) is 5. The Morgan fingerprint density at radius 1 is 1.22 bits per heavy atom.